The molecule has 0 aliphatic rings. The summed E-state index contributed by atoms with van der Waals surface area (Å²) in [6.07, 6.45) is 3.39. The van der Waals surface area contributed by atoms with Gasteiger partial charge in [0.25, 0.3) is 5.91 Å². The lowest BCUT2D eigenvalue weighted by atomic mass is 10.3. The zero-order valence-electron chi connectivity index (χ0n) is 11.9. The standard InChI is InChI=1S/C16H16ClN3O2/c1-2-9-18-13-5-8-15(19-10-13)20-16(21)11-22-14-6-3-12(17)4-7-14/h2-8,10,18H,1,9,11H2,(H,19,20,21). The molecule has 114 valence electrons. The second-order valence-corrected chi connectivity index (χ2v) is 4.83. The highest BCUT2D eigenvalue weighted by molar-refractivity contribution is 6.30. The smallest absolute Gasteiger partial charge is 0.263 e. The monoisotopic (exact) mass is 317 g/mol. The van der Waals surface area contributed by atoms with Crippen LogP contribution in [0.4, 0.5) is 11.5 Å². The van der Waals surface area contributed by atoms with Crippen LogP contribution in [0.25, 0.3) is 0 Å². The number of benzene rings is 1. The normalized spacial score (nSPS) is 9.86. The summed E-state index contributed by atoms with van der Waals surface area (Å²) in [5.74, 6) is 0.764. The largest absolute Gasteiger partial charge is 0.484 e. The Kier molecular flexibility index (Phi) is 5.80. The van der Waals surface area contributed by atoms with Crippen LogP contribution in [0.1, 0.15) is 0 Å². The molecule has 22 heavy (non-hydrogen) atoms. The Bertz CT molecular complexity index is 627. The minimum absolute atomic E-state index is 0.0974. The Morgan fingerprint density at radius 2 is 2.05 bits per heavy atom. The number of hydrogen-bond donors (Lipinski definition) is 2. The highest BCUT2D eigenvalue weighted by atomic mass is 35.5. The summed E-state index contributed by atoms with van der Waals surface area (Å²) in [6.45, 7) is 4.18. The van der Waals surface area contributed by atoms with Crippen LogP contribution in [0.3, 0.4) is 0 Å². The molecule has 1 aromatic heterocycles. The van der Waals surface area contributed by atoms with Crippen molar-refractivity contribution in [3.63, 3.8) is 0 Å². The molecule has 0 fully saturated rings. The maximum absolute atomic E-state index is 11.8. The van der Waals surface area contributed by atoms with E-state index in [1.807, 2.05) is 6.07 Å². The van der Waals surface area contributed by atoms with Crippen LogP contribution in [0, 0.1) is 0 Å². The first-order valence-electron chi connectivity index (χ1n) is 6.66. The van der Waals surface area contributed by atoms with E-state index >= 15 is 0 Å². The number of halogens is 1. The fraction of sp³-hybridized carbons (Fsp3) is 0.125. The number of carbonyl (C=O) groups is 1. The molecule has 0 saturated heterocycles. The molecule has 0 saturated carbocycles. The summed E-state index contributed by atoms with van der Waals surface area (Å²) >= 11 is 5.77. The molecule has 2 rings (SSSR count). The predicted molar refractivity (Wildman–Crippen MR) is 88.5 cm³/mol. The number of amides is 1. The number of nitrogens with zero attached hydrogens (tertiary/aromatic N) is 1. The molecule has 0 spiro atoms. The lowest BCUT2D eigenvalue weighted by Crippen LogP contribution is -2.20. The minimum atomic E-state index is -0.283. The van der Waals surface area contributed by atoms with Crippen molar-refractivity contribution in [2.75, 3.05) is 23.8 Å². The second kappa shape index (κ2) is 8.05. The number of rotatable bonds is 7. The Balaban J connectivity index is 1.81. The van der Waals surface area contributed by atoms with Crippen molar-refractivity contribution >= 4 is 29.0 Å². The fourth-order valence-electron chi connectivity index (χ4n) is 1.62. The molecule has 0 radical (unpaired) electrons. The van der Waals surface area contributed by atoms with Gasteiger partial charge in [-0.3, -0.25) is 4.79 Å². The van der Waals surface area contributed by atoms with Crippen molar-refractivity contribution < 1.29 is 9.53 Å². The summed E-state index contributed by atoms with van der Waals surface area (Å²) in [5.41, 5.74) is 0.857. The molecule has 2 aromatic rings. The average Bonchev–Trinajstić information content (AvgIpc) is 2.54. The third kappa shape index (κ3) is 5.10. The van der Waals surface area contributed by atoms with Gasteiger partial charge < -0.3 is 15.4 Å². The molecule has 0 unspecified atom stereocenters. The highest BCUT2D eigenvalue weighted by Gasteiger charge is 2.04. The molecule has 0 aliphatic heterocycles. The number of carbonyl (C=O) groups excluding carboxylic acids is 1. The van der Waals surface area contributed by atoms with Crippen LogP contribution < -0.4 is 15.4 Å². The van der Waals surface area contributed by atoms with Gasteiger partial charge in [0.15, 0.2) is 6.61 Å². The SMILES string of the molecule is C=CCNc1ccc(NC(=O)COc2ccc(Cl)cc2)nc1. The Morgan fingerprint density at radius 1 is 1.27 bits per heavy atom. The molecule has 6 heteroatoms. The molecular weight excluding hydrogens is 302 g/mol. The van der Waals surface area contributed by atoms with Gasteiger partial charge in [-0.15, -0.1) is 6.58 Å². The summed E-state index contributed by atoms with van der Waals surface area (Å²) in [6, 6.07) is 10.3. The van der Waals surface area contributed by atoms with Gasteiger partial charge in [0.05, 0.1) is 11.9 Å². The fourth-order valence-corrected chi connectivity index (χ4v) is 1.75. The quantitative estimate of drug-likeness (QED) is 0.769. The van der Waals surface area contributed by atoms with E-state index in [4.69, 9.17) is 16.3 Å². The van der Waals surface area contributed by atoms with Gasteiger partial charge in [-0.2, -0.15) is 0 Å². The van der Waals surface area contributed by atoms with Crippen molar-refractivity contribution in [3.8, 4) is 5.75 Å². The maximum atomic E-state index is 11.8. The van der Waals surface area contributed by atoms with Crippen LogP contribution in [0.15, 0.2) is 55.3 Å². The zero-order valence-corrected chi connectivity index (χ0v) is 12.6. The second-order valence-electron chi connectivity index (χ2n) is 4.39. The van der Waals surface area contributed by atoms with Crippen molar-refractivity contribution in [1.29, 1.82) is 0 Å². The Labute approximate surface area is 134 Å². The van der Waals surface area contributed by atoms with E-state index < -0.39 is 0 Å². The van der Waals surface area contributed by atoms with Crippen LogP contribution in [0.2, 0.25) is 5.02 Å². The molecule has 1 heterocycles. The van der Waals surface area contributed by atoms with Gasteiger partial charge in [0.2, 0.25) is 0 Å². The predicted octanol–water partition coefficient (Wildman–Crippen LogP) is 3.35. The Hall–Kier alpha value is -2.53. The molecular formula is C16H16ClN3O2. The number of anilines is 2. The Morgan fingerprint density at radius 3 is 2.68 bits per heavy atom. The van der Waals surface area contributed by atoms with Gasteiger partial charge in [-0.1, -0.05) is 17.7 Å². The number of pyridine rings is 1. The average molecular weight is 318 g/mol. The van der Waals surface area contributed by atoms with Crippen molar-refractivity contribution in [2.24, 2.45) is 0 Å². The van der Waals surface area contributed by atoms with Gasteiger partial charge in [0.1, 0.15) is 11.6 Å². The zero-order chi connectivity index (χ0) is 15.8. The topological polar surface area (TPSA) is 63.2 Å². The van der Waals surface area contributed by atoms with Gasteiger partial charge in [-0.05, 0) is 36.4 Å². The molecule has 0 aliphatic carbocycles. The van der Waals surface area contributed by atoms with Crippen LogP contribution in [0.5, 0.6) is 5.75 Å². The van der Waals surface area contributed by atoms with Gasteiger partial charge >= 0.3 is 0 Å². The number of aromatic nitrogens is 1. The maximum Gasteiger partial charge on any atom is 0.263 e. The lowest BCUT2D eigenvalue weighted by molar-refractivity contribution is -0.118. The van der Waals surface area contributed by atoms with Crippen LogP contribution in [-0.4, -0.2) is 24.0 Å². The molecule has 5 nitrogen and oxygen atoms in total. The van der Waals surface area contributed by atoms with Crippen LogP contribution in [-0.2, 0) is 4.79 Å². The third-order valence-corrected chi connectivity index (χ3v) is 2.92. The van der Waals surface area contributed by atoms with Crippen molar-refractivity contribution in [3.05, 3.63) is 60.3 Å². The summed E-state index contributed by atoms with van der Waals surface area (Å²) in [4.78, 5) is 15.9. The molecule has 0 bridgehead atoms. The first-order chi connectivity index (χ1) is 10.7. The third-order valence-electron chi connectivity index (χ3n) is 2.67. The van der Waals surface area contributed by atoms with Crippen molar-refractivity contribution in [1.82, 2.24) is 4.98 Å². The van der Waals surface area contributed by atoms with Crippen molar-refractivity contribution in [2.45, 2.75) is 0 Å². The van der Waals surface area contributed by atoms with E-state index in [1.54, 1.807) is 42.6 Å². The summed E-state index contributed by atoms with van der Waals surface area (Å²) in [5, 5.41) is 6.37. The van der Waals surface area contributed by atoms with Gasteiger partial charge in [0, 0.05) is 11.6 Å². The summed E-state index contributed by atoms with van der Waals surface area (Å²) in [7, 11) is 0. The van der Waals surface area contributed by atoms with E-state index in [0.717, 1.165) is 5.69 Å². The highest BCUT2D eigenvalue weighted by Crippen LogP contribution is 2.15. The van der Waals surface area contributed by atoms with Crippen LogP contribution >= 0.6 is 11.6 Å². The molecule has 1 aromatic carbocycles. The minimum Gasteiger partial charge on any atom is -0.484 e. The molecule has 1 amide bonds. The van der Waals surface area contributed by atoms with E-state index in [1.165, 1.54) is 0 Å². The number of hydrogen-bond acceptors (Lipinski definition) is 4. The first kappa shape index (κ1) is 15.9. The van der Waals surface area contributed by atoms with Gasteiger partial charge in [-0.25, -0.2) is 4.98 Å². The van der Waals surface area contributed by atoms with E-state index in [9.17, 15) is 4.79 Å². The van der Waals surface area contributed by atoms with E-state index in [-0.39, 0.29) is 12.5 Å². The number of ether oxygens (including phenoxy) is 1. The molecule has 0 atom stereocenters. The first-order valence-corrected chi connectivity index (χ1v) is 7.04. The molecule has 2 N–H and O–H groups in total. The lowest BCUT2D eigenvalue weighted by Gasteiger charge is -2.08. The van der Waals surface area contributed by atoms with E-state index in [0.29, 0.717) is 23.1 Å². The summed E-state index contributed by atoms with van der Waals surface area (Å²) < 4.78 is 5.35. The number of nitrogens with one attached hydrogen (secondary N) is 2. The van der Waals surface area contributed by atoms with E-state index in [2.05, 4.69) is 22.2 Å².